The molecule has 0 aromatic rings. The second-order valence-corrected chi connectivity index (χ2v) is 30.1. The third-order valence-electron chi connectivity index (χ3n) is 17.3. The Kier molecular flexibility index (Phi) is 65.9. The van der Waals surface area contributed by atoms with E-state index in [9.17, 15) is 43.2 Å². The molecule has 0 fully saturated rings. The third-order valence-corrected chi connectivity index (χ3v) is 19.2. The van der Waals surface area contributed by atoms with Gasteiger partial charge in [0.05, 0.1) is 26.4 Å². The summed E-state index contributed by atoms with van der Waals surface area (Å²) in [7, 11) is -9.90. The molecule has 0 heterocycles. The van der Waals surface area contributed by atoms with Crippen molar-refractivity contribution in [1.29, 1.82) is 0 Å². The number of phosphoric ester groups is 2. The van der Waals surface area contributed by atoms with E-state index in [1.807, 2.05) is 0 Å². The molecule has 0 saturated heterocycles. The smallest absolute Gasteiger partial charge is 0.462 e. The molecule has 2 unspecified atom stereocenters. The summed E-state index contributed by atoms with van der Waals surface area (Å²) in [4.78, 5) is 72.7. The van der Waals surface area contributed by atoms with Gasteiger partial charge in [0.1, 0.15) is 19.3 Å². The molecule has 0 saturated carbocycles. The Balaban J connectivity index is 5.22. The van der Waals surface area contributed by atoms with E-state index in [4.69, 9.17) is 37.0 Å². The number of aliphatic hydroxyl groups excluding tert-OH is 1. The fourth-order valence-corrected chi connectivity index (χ4v) is 12.9. The molecule has 5 atom stereocenters. The SMILES string of the molecule is CCCCCCCCCCCCCCCCCCCCC(=O)O[C@H](COC(=O)CCCCCCCCCCCCCCCC)COP(=O)(O)OC[C@@H](O)COP(=O)(O)OC[C@@H](COC(=O)CCCCCCCCCCC)OC(=O)CCCCCCCCCCCC(C)C. The van der Waals surface area contributed by atoms with Crippen LogP contribution in [-0.2, 0) is 65.4 Å². The van der Waals surface area contributed by atoms with E-state index in [-0.39, 0.29) is 25.7 Å². The van der Waals surface area contributed by atoms with Crippen LogP contribution >= 0.6 is 15.6 Å². The number of rotatable bonds is 74. The van der Waals surface area contributed by atoms with E-state index in [0.717, 1.165) is 95.8 Å². The van der Waals surface area contributed by atoms with E-state index in [1.165, 1.54) is 212 Å². The molecule has 0 bridgehead atoms. The first kappa shape index (κ1) is 91.1. The van der Waals surface area contributed by atoms with Gasteiger partial charge < -0.3 is 33.8 Å². The van der Waals surface area contributed by atoms with Crippen LogP contribution in [0.25, 0.3) is 0 Å². The molecule has 0 aliphatic carbocycles. The van der Waals surface area contributed by atoms with Gasteiger partial charge in [0.25, 0.3) is 0 Å². The summed E-state index contributed by atoms with van der Waals surface area (Å²) in [5, 5.41) is 10.6. The van der Waals surface area contributed by atoms with Gasteiger partial charge in [-0.2, -0.15) is 0 Å². The molecular weight excluding hydrogens is 1220 g/mol. The van der Waals surface area contributed by atoms with Gasteiger partial charge in [0.2, 0.25) is 0 Å². The Morgan fingerprint density at radius 3 is 0.731 bits per heavy atom. The van der Waals surface area contributed by atoms with Crippen LogP contribution in [0.15, 0.2) is 0 Å². The number of hydrogen-bond acceptors (Lipinski definition) is 15. The first-order valence-corrected chi connectivity index (χ1v) is 41.6. The van der Waals surface area contributed by atoms with Gasteiger partial charge in [-0.15, -0.1) is 0 Å². The van der Waals surface area contributed by atoms with Gasteiger partial charge in [-0.3, -0.25) is 37.3 Å². The third kappa shape index (κ3) is 68.4. The summed E-state index contributed by atoms with van der Waals surface area (Å²) in [5.41, 5.74) is 0. The minimum Gasteiger partial charge on any atom is -0.462 e. The van der Waals surface area contributed by atoms with Crippen molar-refractivity contribution in [1.82, 2.24) is 0 Å². The quantitative estimate of drug-likeness (QED) is 0.0222. The van der Waals surface area contributed by atoms with E-state index >= 15 is 0 Å². The summed E-state index contributed by atoms with van der Waals surface area (Å²) < 4.78 is 68.4. The van der Waals surface area contributed by atoms with Crippen LogP contribution in [0, 0.1) is 5.92 Å². The molecule has 3 N–H and O–H groups in total. The van der Waals surface area contributed by atoms with Crippen LogP contribution in [0.4, 0.5) is 0 Å². The summed E-state index contributed by atoms with van der Waals surface area (Å²) in [6, 6.07) is 0. The molecule has 0 aliphatic rings. The highest BCUT2D eigenvalue weighted by Crippen LogP contribution is 2.45. The van der Waals surface area contributed by atoms with Gasteiger partial charge in [0, 0.05) is 25.7 Å². The van der Waals surface area contributed by atoms with Crippen molar-refractivity contribution < 1.29 is 80.2 Å². The Bertz CT molecular complexity index is 1790. The minimum absolute atomic E-state index is 0.106. The van der Waals surface area contributed by atoms with Crippen molar-refractivity contribution >= 4 is 39.5 Å². The number of unbranched alkanes of at least 4 members (excludes halogenated alkanes) is 46. The fraction of sp³-hybridized carbons (Fsp3) is 0.946. The van der Waals surface area contributed by atoms with Crippen molar-refractivity contribution in [2.24, 2.45) is 5.92 Å². The molecule has 0 aromatic heterocycles. The molecule has 19 heteroatoms. The predicted molar refractivity (Wildman–Crippen MR) is 377 cm³/mol. The second-order valence-electron chi connectivity index (χ2n) is 27.2. The largest absolute Gasteiger partial charge is 0.472 e. The Hall–Kier alpha value is -1.94. The monoisotopic (exact) mass is 1370 g/mol. The average molecular weight is 1370 g/mol. The fourth-order valence-electron chi connectivity index (χ4n) is 11.4. The highest BCUT2D eigenvalue weighted by atomic mass is 31.2. The lowest BCUT2D eigenvalue weighted by Gasteiger charge is -2.21. The number of ether oxygens (including phenoxy) is 4. The minimum atomic E-state index is -4.95. The molecule has 17 nitrogen and oxygen atoms in total. The van der Waals surface area contributed by atoms with Gasteiger partial charge in [-0.05, 0) is 31.6 Å². The number of aliphatic hydroxyl groups is 1. The second kappa shape index (κ2) is 67.3. The van der Waals surface area contributed by atoms with Crippen LogP contribution in [0.1, 0.15) is 388 Å². The normalized spacial score (nSPS) is 14.0. The molecule has 0 radical (unpaired) electrons. The summed E-state index contributed by atoms with van der Waals surface area (Å²) in [5.74, 6) is -1.38. The Labute approximate surface area is 568 Å². The molecular formula is C74H144O17P2. The Morgan fingerprint density at radius 1 is 0.290 bits per heavy atom. The highest BCUT2D eigenvalue weighted by Gasteiger charge is 2.30. The predicted octanol–water partition coefficient (Wildman–Crippen LogP) is 21.7. The topological polar surface area (TPSA) is 237 Å². The first-order valence-electron chi connectivity index (χ1n) is 38.6. The summed E-state index contributed by atoms with van der Waals surface area (Å²) in [6.45, 7) is 7.24. The number of esters is 4. The molecule has 0 aliphatic heterocycles. The standard InChI is InChI=1S/C74H144O17P2/c1-6-9-12-15-18-21-23-25-27-28-29-30-32-34-39-44-49-54-59-73(78)90-70(64-85-72(77)58-53-48-43-38-33-31-26-24-22-19-16-13-10-7-2)66-89-93(82,83)87-62-68(75)61-86-92(80,81)88-65-69(63-84-71(76)57-52-47-42-36-20-17-14-11-8-3)91-74(79)60-55-50-45-40-35-37-41-46-51-56-67(4)5/h67-70,75H,6-66H2,1-5H3,(H,80,81)(H,82,83)/t68-,69+,70+/m0/s1. The molecule has 0 rings (SSSR count). The van der Waals surface area contributed by atoms with Gasteiger partial charge in [-0.1, -0.05) is 336 Å². The lowest BCUT2D eigenvalue weighted by atomic mass is 10.0. The summed E-state index contributed by atoms with van der Waals surface area (Å²) >= 11 is 0. The van der Waals surface area contributed by atoms with Crippen molar-refractivity contribution in [3.8, 4) is 0 Å². The van der Waals surface area contributed by atoms with E-state index in [2.05, 4.69) is 34.6 Å². The van der Waals surface area contributed by atoms with Crippen LogP contribution in [0.5, 0.6) is 0 Å². The van der Waals surface area contributed by atoms with Crippen LogP contribution in [0.3, 0.4) is 0 Å². The molecule has 0 spiro atoms. The first-order chi connectivity index (χ1) is 45.0. The summed E-state index contributed by atoms with van der Waals surface area (Å²) in [6.07, 6.45) is 55.5. The maximum atomic E-state index is 13.1. The van der Waals surface area contributed by atoms with Gasteiger partial charge >= 0.3 is 39.5 Å². The molecule has 552 valence electrons. The zero-order chi connectivity index (χ0) is 68.4. The van der Waals surface area contributed by atoms with Crippen molar-refractivity contribution in [2.45, 2.75) is 406 Å². The number of carbonyl (C=O) groups is 4. The molecule has 93 heavy (non-hydrogen) atoms. The van der Waals surface area contributed by atoms with Gasteiger partial charge in [0.15, 0.2) is 12.2 Å². The van der Waals surface area contributed by atoms with E-state index < -0.39 is 97.5 Å². The zero-order valence-electron chi connectivity index (χ0n) is 60.4. The lowest BCUT2D eigenvalue weighted by Crippen LogP contribution is -2.30. The van der Waals surface area contributed by atoms with E-state index in [1.54, 1.807) is 0 Å². The number of hydrogen-bond donors (Lipinski definition) is 3. The maximum Gasteiger partial charge on any atom is 0.472 e. The van der Waals surface area contributed by atoms with Crippen LogP contribution < -0.4 is 0 Å². The van der Waals surface area contributed by atoms with Gasteiger partial charge in [-0.25, -0.2) is 9.13 Å². The average Bonchev–Trinajstić information content (AvgIpc) is 1.88. The molecule has 0 aromatic carbocycles. The number of phosphoric acid groups is 2. The van der Waals surface area contributed by atoms with Crippen LogP contribution in [0.2, 0.25) is 0 Å². The Morgan fingerprint density at radius 2 is 0.495 bits per heavy atom. The maximum absolute atomic E-state index is 13.1. The van der Waals surface area contributed by atoms with Crippen LogP contribution in [-0.4, -0.2) is 96.7 Å². The lowest BCUT2D eigenvalue weighted by molar-refractivity contribution is -0.161. The van der Waals surface area contributed by atoms with E-state index in [0.29, 0.717) is 25.7 Å². The van der Waals surface area contributed by atoms with Crippen molar-refractivity contribution in [2.75, 3.05) is 39.6 Å². The van der Waals surface area contributed by atoms with Crippen molar-refractivity contribution in [3.63, 3.8) is 0 Å². The zero-order valence-corrected chi connectivity index (χ0v) is 62.2. The highest BCUT2D eigenvalue weighted by molar-refractivity contribution is 7.47. The number of carbonyl (C=O) groups excluding carboxylic acids is 4. The molecule has 0 amide bonds. The van der Waals surface area contributed by atoms with Crippen molar-refractivity contribution in [3.05, 3.63) is 0 Å².